The number of anilines is 1. The number of aromatic hydroxyl groups is 1. The van der Waals surface area contributed by atoms with Crippen molar-refractivity contribution in [2.24, 2.45) is 4.99 Å². The SMILES string of the molecule is CCOC(=O)C1=C(C)N=c2s/c(=C\c3cc([N+](=O)[O-])ccc3O)c(=O)n2[C@H]1c1ccc(N(C)C)cc1. The number of esters is 1. The summed E-state index contributed by atoms with van der Waals surface area (Å²) in [5, 5.41) is 21.4. The van der Waals surface area contributed by atoms with Gasteiger partial charge in [-0.1, -0.05) is 23.5 Å². The monoisotopic (exact) mass is 508 g/mol. The summed E-state index contributed by atoms with van der Waals surface area (Å²) in [5.74, 6) is -0.767. The Hall–Kier alpha value is -4.25. The van der Waals surface area contributed by atoms with E-state index in [1.807, 2.05) is 43.3 Å². The largest absolute Gasteiger partial charge is 0.507 e. The molecule has 4 rings (SSSR count). The highest BCUT2D eigenvalue weighted by molar-refractivity contribution is 7.07. The van der Waals surface area contributed by atoms with Crippen molar-refractivity contribution in [2.75, 3.05) is 25.6 Å². The topological polar surface area (TPSA) is 127 Å². The highest BCUT2D eigenvalue weighted by Gasteiger charge is 2.33. The van der Waals surface area contributed by atoms with E-state index in [0.717, 1.165) is 17.0 Å². The quantitative estimate of drug-likeness (QED) is 0.308. The number of ether oxygens (including phenoxy) is 1. The summed E-state index contributed by atoms with van der Waals surface area (Å²) in [6, 6.07) is 10.3. The molecule has 0 saturated heterocycles. The number of thiazole rings is 1. The van der Waals surface area contributed by atoms with Crippen LogP contribution in [0.5, 0.6) is 5.75 Å². The maximum Gasteiger partial charge on any atom is 0.338 e. The Kier molecular flexibility index (Phi) is 6.75. The van der Waals surface area contributed by atoms with Gasteiger partial charge in [-0.05, 0) is 43.7 Å². The van der Waals surface area contributed by atoms with Crippen LogP contribution in [0.25, 0.3) is 6.08 Å². The predicted octanol–water partition coefficient (Wildman–Crippen LogP) is 2.48. The Morgan fingerprint density at radius 1 is 1.28 bits per heavy atom. The van der Waals surface area contributed by atoms with Crippen molar-refractivity contribution in [2.45, 2.75) is 19.9 Å². The molecule has 1 atom stereocenters. The molecular formula is C25H24N4O6S. The first kappa shape index (κ1) is 24.9. The second-order valence-corrected chi connectivity index (χ2v) is 9.30. The summed E-state index contributed by atoms with van der Waals surface area (Å²) < 4.78 is 6.92. The van der Waals surface area contributed by atoms with Crippen molar-refractivity contribution in [1.29, 1.82) is 0 Å². The van der Waals surface area contributed by atoms with Crippen LogP contribution in [0.15, 0.2) is 63.5 Å². The number of phenols is 1. The van der Waals surface area contributed by atoms with E-state index in [1.165, 1.54) is 28.8 Å². The van der Waals surface area contributed by atoms with Gasteiger partial charge in [-0.3, -0.25) is 19.5 Å². The summed E-state index contributed by atoms with van der Waals surface area (Å²) in [7, 11) is 3.82. The van der Waals surface area contributed by atoms with Crippen LogP contribution in [0, 0.1) is 10.1 Å². The molecule has 1 aromatic heterocycles. The van der Waals surface area contributed by atoms with Gasteiger partial charge in [0.15, 0.2) is 4.80 Å². The van der Waals surface area contributed by atoms with Crippen molar-refractivity contribution < 1.29 is 19.6 Å². The van der Waals surface area contributed by atoms with Gasteiger partial charge in [0, 0.05) is 37.5 Å². The average molecular weight is 509 g/mol. The number of benzene rings is 2. The lowest BCUT2D eigenvalue weighted by Gasteiger charge is -2.25. The number of fused-ring (bicyclic) bond motifs is 1. The molecule has 36 heavy (non-hydrogen) atoms. The zero-order valence-corrected chi connectivity index (χ0v) is 20.9. The highest BCUT2D eigenvalue weighted by atomic mass is 32.1. The number of phenolic OH excluding ortho intramolecular Hbond substituents is 1. The minimum atomic E-state index is -0.780. The van der Waals surface area contributed by atoms with Gasteiger partial charge in [0.1, 0.15) is 5.75 Å². The molecular weight excluding hydrogens is 484 g/mol. The lowest BCUT2D eigenvalue weighted by atomic mass is 9.95. The first-order valence-electron chi connectivity index (χ1n) is 11.1. The fourth-order valence-electron chi connectivity index (χ4n) is 3.97. The van der Waals surface area contributed by atoms with E-state index in [4.69, 9.17) is 4.74 Å². The second-order valence-electron chi connectivity index (χ2n) is 8.29. The molecule has 0 bridgehead atoms. The molecule has 0 amide bonds. The Morgan fingerprint density at radius 2 is 1.97 bits per heavy atom. The molecule has 0 aliphatic carbocycles. The zero-order valence-electron chi connectivity index (χ0n) is 20.1. The molecule has 2 aromatic carbocycles. The van der Waals surface area contributed by atoms with E-state index in [2.05, 4.69) is 4.99 Å². The molecule has 11 heteroatoms. The van der Waals surface area contributed by atoms with E-state index < -0.39 is 22.5 Å². The third-order valence-electron chi connectivity index (χ3n) is 5.75. The smallest absolute Gasteiger partial charge is 0.338 e. The molecule has 1 N–H and O–H groups in total. The van der Waals surface area contributed by atoms with Gasteiger partial charge in [0.05, 0.1) is 33.4 Å². The van der Waals surface area contributed by atoms with Gasteiger partial charge in [0.25, 0.3) is 11.2 Å². The van der Waals surface area contributed by atoms with E-state index in [-0.39, 0.29) is 33.7 Å². The molecule has 0 fully saturated rings. The molecule has 0 spiro atoms. The Morgan fingerprint density at radius 3 is 2.58 bits per heavy atom. The summed E-state index contributed by atoms with van der Waals surface area (Å²) in [4.78, 5) is 44.0. The number of non-ortho nitro benzene ring substituents is 1. The fraction of sp³-hybridized carbons (Fsp3) is 0.240. The Labute approximate surface area is 209 Å². The normalized spacial score (nSPS) is 15.3. The number of nitro groups is 1. The molecule has 0 radical (unpaired) electrons. The number of hydrogen-bond donors (Lipinski definition) is 1. The molecule has 10 nitrogen and oxygen atoms in total. The first-order valence-corrected chi connectivity index (χ1v) is 11.9. The molecule has 2 heterocycles. The van der Waals surface area contributed by atoms with E-state index in [9.17, 15) is 24.8 Å². The Bertz CT molecular complexity index is 1570. The maximum atomic E-state index is 13.6. The number of allylic oxidation sites excluding steroid dienone is 1. The number of aromatic nitrogens is 1. The van der Waals surface area contributed by atoms with Crippen LogP contribution in [-0.2, 0) is 9.53 Å². The first-order chi connectivity index (χ1) is 17.1. The van der Waals surface area contributed by atoms with Crippen LogP contribution in [0.3, 0.4) is 0 Å². The standard InChI is InChI=1S/C25H24N4O6S/c1-5-35-24(32)21-14(2)26-25-28(22(21)15-6-8-17(9-7-15)27(3)4)23(31)20(36-25)13-16-12-18(29(33)34)10-11-19(16)30/h6-13,22,30H,5H2,1-4H3/b20-13-/t22-/m0/s1. The third-order valence-corrected chi connectivity index (χ3v) is 6.73. The van der Waals surface area contributed by atoms with Gasteiger partial charge < -0.3 is 14.7 Å². The van der Waals surface area contributed by atoms with Crippen molar-refractivity contribution >= 4 is 34.8 Å². The van der Waals surface area contributed by atoms with E-state index in [0.29, 0.717) is 16.1 Å². The molecule has 186 valence electrons. The van der Waals surface area contributed by atoms with Crippen LogP contribution in [0.1, 0.15) is 31.0 Å². The number of hydrogen-bond acceptors (Lipinski definition) is 9. The van der Waals surface area contributed by atoms with Crippen molar-refractivity contribution in [1.82, 2.24) is 4.57 Å². The summed E-state index contributed by atoms with van der Waals surface area (Å²) in [6.45, 7) is 3.56. The molecule has 3 aromatic rings. The predicted molar refractivity (Wildman–Crippen MR) is 136 cm³/mol. The number of nitro benzene ring substituents is 1. The summed E-state index contributed by atoms with van der Waals surface area (Å²) in [5.41, 5.74) is 1.80. The van der Waals surface area contributed by atoms with Crippen LogP contribution in [0.2, 0.25) is 0 Å². The number of carbonyl (C=O) groups is 1. The Balaban J connectivity index is 1.95. The molecule has 0 unspecified atom stereocenters. The van der Waals surface area contributed by atoms with Gasteiger partial charge >= 0.3 is 5.97 Å². The minimum Gasteiger partial charge on any atom is -0.507 e. The molecule has 0 saturated carbocycles. The lowest BCUT2D eigenvalue weighted by molar-refractivity contribution is -0.384. The summed E-state index contributed by atoms with van der Waals surface area (Å²) in [6.07, 6.45) is 1.39. The van der Waals surface area contributed by atoms with E-state index >= 15 is 0 Å². The van der Waals surface area contributed by atoms with Crippen LogP contribution >= 0.6 is 11.3 Å². The van der Waals surface area contributed by atoms with Crippen molar-refractivity contribution in [3.05, 3.63) is 94.7 Å². The fourth-order valence-corrected chi connectivity index (χ4v) is 5.01. The summed E-state index contributed by atoms with van der Waals surface area (Å²) >= 11 is 1.07. The number of carbonyl (C=O) groups excluding carboxylic acids is 1. The van der Waals surface area contributed by atoms with Gasteiger partial charge in [-0.15, -0.1) is 0 Å². The van der Waals surface area contributed by atoms with Gasteiger partial charge in [0.2, 0.25) is 0 Å². The van der Waals surface area contributed by atoms with Crippen LogP contribution < -0.4 is 19.8 Å². The number of nitrogens with zero attached hydrogens (tertiary/aromatic N) is 4. The van der Waals surface area contributed by atoms with Crippen molar-refractivity contribution in [3.63, 3.8) is 0 Å². The van der Waals surface area contributed by atoms with Crippen LogP contribution in [0.4, 0.5) is 11.4 Å². The van der Waals surface area contributed by atoms with E-state index in [1.54, 1.807) is 13.8 Å². The lowest BCUT2D eigenvalue weighted by Crippen LogP contribution is -2.39. The minimum absolute atomic E-state index is 0.127. The second kappa shape index (κ2) is 9.78. The third kappa shape index (κ3) is 4.52. The maximum absolute atomic E-state index is 13.6. The zero-order chi connectivity index (χ0) is 26.1. The van der Waals surface area contributed by atoms with Crippen LogP contribution in [-0.4, -0.2) is 41.3 Å². The highest BCUT2D eigenvalue weighted by Crippen LogP contribution is 2.31. The number of rotatable bonds is 6. The molecule has 1 aliphatic rings. The average Bonchev–Trinajstić information content (AvgIpc) is 3.14. The van der Waals surface area contributed by atoms with Gasteiger partial charge in [-0.25, -0.2) is 9.79 Å². The van der Waals surface area contributed by atoms with Gasteiger partial charge in [-0.2, -0.15) is 0 Å². The molecule has 1 aliphatic heterocycles. The van der Waals surface area contributed by atoms with Crippen molar-refractivity contribution in [3.8, 4) is 5.75 Å².